The summed E-state index contributed by atoms with van der Waals surface area (Å²) in [5.41, 5.74) is 0. The number of hydrogen-bond acceptors (Lipinski definition) is 2. The van der Waals surface area contributed by atoms with Crippen LogP contribution in [0, 0.1) is 0 Å². The zero-order valence-electron chi connectivity index (χ0n) is 10.9. The van der Waals surface area contributed by atoms with Crippen LogP contribution in [0.15, 0.2) is 0 Å². The zero-order chi connectivity index (χ0) is 12.0. The highest BCUT2D eigenvalue weighted by molar-refractivity contribution is 8.00. The molecule has 1 fully saturated rings. The Morgan fingerprint density at radius 1 is 1.50 bits per heavy atom. The predicted octanol–water partition coefficient (Wildman–Crippen LogP) is 3.31. The van der Waals surface area contributed by atoms with Crippen LogP contribution in [0.5, 0.6) is 0 Å². The second-order valence-electron chi connectivity index (χ2n) is 4.74. The van der Waals surface area contributed by atoms with Crippen LogP contribution in [0.1, 0.15) is 52.9 Å². The topological polar surface area (TPSA) is 20.3 Å². The summed E-state index contributed by atoms with van der Waals surface area (Å²) in [7, 11) is 0. The highest BCUT2D eigenvalue weighted by atomic mass is 32.2. The number of amides is 1. The van der Waals surface area contributed by atoms with Gasteiger partial charge in [-0.2, -0.15) is 0 Å². The molecule has 0 aromatic carbocycles. The Morgan fingerprint density at radius 2 is 2.25 bits per heavy atom. The fourth-order valence-corrected chi connectivity index (χ4v) is 3.22. The van der Waals surface area contributed by atoms with E-state index in [0.717, 1.165) is 12.3 Å². The molecular formula is C13H25NOS. The molecule has 2 nitrogen and oxygen atoms in total. The van der Waals surface area contributed by atoms with Gasteiger partial charge in [0.1, 0.15) is 0 Å². The van der Waals surface area contributed by atoms with Crippen molar-refractivity contribution in [3.8, 4) is 0 Å². The number of thioether (sulfide) groups is 1. The first kappa shape index (κ1) is 13.9. The molecule has 1 amide bonds. The lowest BCUT2D eigenvalue weighted by Crippen LogP contribution is -2.45. The minimum atomic E-state index is 0.145. The Balaban J connectivity index is 2.36. The highest BCUT2D eigenvalue weighted by Crippen LogP contribution is 2.21. The lowest BCUT2D eigenvalue weighted by molar-refractivity contribution is -0.133. The van der Waals surface area contributed by atoms with Crippen LogP contribution in [0.25, 0.3) is 0 Å². The Labute approximate surface area is 104 Å². The summed E-state index contributed by atoms with van der Waals surface area (Å²) in [6, 6.07) is 0.454. The quantitative estimate of drug-likeness (QED) is 0.690. The maximum Gasteiger partial charge on any atom is 0.235 e. The molecule has 3 heteroatoms. The summed E-state index contributed by atoms with van der Waals surface area (Å²) >= 11 is 1.81. The number of likely N-dealkylation sites (tertiary alicyclic amines) is 1. The molecule has 1 saturated heterocycles. The monoisotopic (exact) mass is 243 g/mol. The van der Waals surface area contributed by atoms with E-state index in [9.17, 15) is 4.79 Å². The molecule has 2 atom stereocenters. The standard InChI is InChI=1S/C13H25NOS/c1-4-5-10-16-12(3)13(15)14-9-7-6-8-11(14)2/h11-12H,4-10H2,1-3H3/t11-,12-/m1/s1. The molecule has 1 aliphatic heterocycles. The first-order valence-corrected chi connectivity index (χ1v) is 7.63. The van der Waals surface area contributed by atoms with Crippen molar-refractivity contribution >= 4 is 17.7 Å². The maximum absolute atomic E-state index is 12.2. The third kappa shape index (κ3) is 4.00. The van der Waals surface area contributed by atoms with Crippen molar-refractivity contribution in [2.75, 3.05) is 12.3 Å². The van der Waals surface area contributed by atoms with Crippen molar-refractivity contribution in [1.82, 2.24) is 4.90 Å². The van der Waals surface area contributed by atoms with Crippen LogP contribution < -0.4 is 0 Å². The van der Waals surface area contributed by atoms with E-state index in [1.54, 1.807) is 0 Å². The predicted molar refractivity (Wildman–Crippen MR) is 71.9 cm³/mol. The summed E-state index contributed by atoms with van der Waals surface area (Å²) < 4.78 is 0. The summed E-state index contributed by atoms with van der Waals surface area (Å²) in [6.07, 6.45) is 6.08. The van der Waals surface area contributed by atoms with E-state index < -0.39 is 0 Å². The van der Waals surface area contributed by atoms with Crippen LogP contribution in [0.2, 0.25) is 0 Å². The molecule has 16 heavy (non-hydrogen) atoms. The minimum Gasteiger partial charge on any atom is -0.339 e. The number of carbonyl (C=O) groups is 1. The normalized spacial score (nSPS) is 23.2. The van der Waals surface area contributed by atoms with Crippen molar-refractivity contribution in [3.05, 3.63) is 0 Å². The van der Waals surface area contributed by atoms with Crippen LogP contribution >= 0.6 is 11.8 Å². The van der Waals surface area contributed by atoms with E-state index in [0.29, 0.717) is 11.9 Å². The van der Waals surface area contributed by atoms with Crippen LogP contribution in [-0.2, 0) is 4.79 Å². The molecule has 0 radical (unpaired) electrons. The first-order valence-electron chi connectivity index (χ1n) is 6.59. The number of rotatable bonds is 5. The molecular weight excluding hydrogens is 218 g/mol. The molecule has 0 bridgehead atoms. The molecule has 0 aromatic heterocycles. The van der Waals surface area contributed by atoms with Gasteiger partial charge in [0.2, 0.25) is 5.91 Å². The number of hydrogen-bond donors (Lipinski definition) is 0. The first-order chi connectivity index (χ1) is 7.66. The van der Waals surface area contributed by atoms with E-state index in [-0.39, 0.29) is 5.25 Å². The van der Waals surface area contributed by atoms with Gasteiger partial charge < -0.3 is 4.90 Å². The second kappa shape index (κ2) is 7.21. The summed E-state index contributed by atoms with van der Waals surface area (Å²) in [4.78, 5) is 14.3. The number of carbonyl (C=O) groups excluding carboxylic acids is 1. The fourth-order valence-electron chi connectivity index (χ4n) is 2.13. The third-order valence-electron chi connectivity index (χ3n) is 3.30. The van der Waals surface area contributed by atoms with Gasteiger partial charge in [0.15, 0.2) is 0 Å². The lowest BCUT2D eigenvalue weighted by atomic mass is 10.0. The van der Waals surface area contributed by atoms with Gasteiger partial charge in [-0.1, -0.05) is 13.3 Å². The molecule has 0 aromatic rings. The Morgan fingerprint density at radius 3 is 2.88 bits per heavy atom. The van der Waals surface area contributed by atoms with Crippen molar-refractivity contribution in [1.29, 1.82) is 0 Å². The van der Waals surface area contributed by atoms with Crippen molar-refractivity contribution in [2.45, 2.75) is 64.2 Å². The van der Waals surface area contributed by atoms with Gasteiger partial charge in [-0.15, -0.1) is 11.8 Å². The summed E-state index contributed by atoms with van der Waals surface area (Å²) in [5.74, 6) is 1.47. The zero-order valence-corrected chi connectivity index (χ0v) is 11.7. The Hall–Kier alpha value is -0.180. The van der Waals surface area contributed by atoms with Crippen LogP contribution in [0.3, 0.4) is 0 Å². The van der Waals surface area contributed by atoms with E-state index >= 15 is 0 Å². The molecule has 0 N–H and O–H groups in total. The second-order valence-corrected chi connectivity index (χ2v) is 6.19. The Bertz CT molecular complexity index is 220. The van der Waals surface area contributed by atoms with Gasteiger partial charge in [-0.25, -0.2) is 0 Å². The van der Waals surface area contributed by atoms with Gasteiger partial charge in [0.25, 0.3) is 0 Å². The number of unbranched alkanes of at least 4 members (excludes halogenated alkanes) is 1. The lowest BCUT2D eigenvalue weighted by Gasteiger charge is -2.35. The van der Waals surface area contributed by atoms with Gasteiger partial charge in [0, 0.05) is 12.6 Å². The van der Waals surface area contributed by atoms with Crippen LogP contribution in [0.4, 0.5) is 0 Å². The van der Waals surface area contributed by atoms with Crippen molar-refractivity contribution < 1.29 is 4.79 Å². The Kier molecular flexibility index (Phi) is 6.25. The van der Waals surface area contributed by atoms with Gasteiger partial charge in [-0.3, -0.25) is 4.79 Å². The van der Waals surface area contributed by atoms with Gasteiger partial charge >= 0.3 is 0 Å². The SMILES string of the molecule is CCCCS[C@H](C)C(=O)N1CCCC[C@H]1C. The van der Waals surface area contributed by atoms with Crippen molar-refractivity contribution in [3.63, 3.8) is 0 Å². The van der Waals surface area contributed by atoms with E-state index in [4.69, 9.17) is 0 Å². The molecule has 1 aliphatic rings. The highest BCUT2D eigenvalue weighted by Gasteiger charge is 2.26. The largest absolute Gasteiger partial charge is 0.339 e. The van der Waals surface area contributed by atoms with E-state index in [2.05, 4.69) is 25.7 Å². The fraction of sp³-hybridized carbons (Fsp3) is 0.923. The average molecular weight is 243 g/mol. The summed E-state index contributed by atoms with van der Waals surface area (Å²) in [6.45, 7) is 7.41. The van der Waals surface area contributed by atoms with Crippen LogP contribution in [-0.4, -0.2) is 34.4 Å². The molecule has 0 unspecified atom stereocenters. The number of piperidine rings is 1. The van der Waals surface area contributed by atoms with E-state index in [1.165, 1.54) is 32.1 Å². The van der Waals surface area contributed by atoms with Crippen molar-refractivity contribution in [2.24, 2.45) is 0 Å². The molecule has 1 heterocycles. The summed E-state index contributed by atoms with van der Waals surface area (Å²) in [5, 5.41) is 0.145. The smallest absolute Gasteiger partial charge is 0.235 e. The molecule has 94 valence electrons. The number of nitrogens with zero attached hydrogens (tertiary/aromatic N) is 1. The molecule has 1 rings (SSSR count). The average Bonchev–Trinajstić information content (AvgIpc) is 2.29. The molecule has 0 aliphatic carbocycles. The van der Waals surface area contributed by atoms with Gasteiger partial charge in [-0.05, 0) is 45.3 Å². The van der Waals surface area contributed by atoms with E-state index in [1.807, 2.05) is 11.8 Å². The third-order valence-corrected chi connectivity index (χ3v) is 4.53. The van der Waals surface area contributed by atoms with Gasteiger partial charge in [0.05, 0.1) is 5.25 Å². The molecule has 0 spiro atoms. The molecule has 0 saturated carbocycles. The maximum atomic E-state index is 12.2. The minimum absolute atomic E-state index is 0.145.